The van der Waals surface area contributed by atoms with E-state index in [1.165, 1.54) is 11.1 Å². The third kappa shape index (κ3) is 4.08. The summed E-state index contributed by atoms with van der Waals surface area (Å²) in [6.45, 7) is 5.03. The maximum Gasteiger partial charge on any atom is 0.246 e. The quantitative estimate of drug-likeness (QED) is 0.653. The maximum absolute atomic E-state index is 5.03. The Hall–Kier alpha value is -2.37. The molecule has 0 spiro atoms. The molecule has 1 aromatic heterocycles. The van der Waals surface area contributed by atoms with E-state index < -0.39 is 0 Å². The van der Waals surface area contributed by atoms with Crippen molar-refractivity contribution in [3.05, 3.63) is 47.1 Å². The summed E-state index contributed by atoms with van der Waals surface area (Å²) < 4.78 is 5.03. The number of aromatic nitrogens is 2. The molecular formula is C14H19N5O. The van der Waals surface area contributed by atoms with Crippen LogP contribution >= 0.6 is 0 Å². The molecule has 2 N–H and O–H groups in total. The molecule has 20 heavy (non-hydrogen) atoms. The molecule has 0 atom stereocenters. The lowest BCUT2D eigenvalue weighted by molar-refractivity contribution is 0.371. The minimum absolute atomic E-state index is 0.453. The zero-order valence-corrected chi connectivity index (χ0v) is 12.0. The molecule has 0 fully saturated rings. The molecule has 0 aliphatic carbocycles. The van der Waals surface area contributed by atoms with Crippen molar-refractivity contribution >= 4 is 5.96 Å². The Morgan fingerprint density at radius 2 is 2.05 bits per heavy atom. The van der Waals surface area contributed by atoms with Crippen LogP contribution in [0.25, 0.3) is 0 Å². The van der Waals surface area contributed by atoms with Gasteiger partial charge in [0.25, 0.3) is 0 Å². The van der Waals surface area contributed by atoms with Crippen LogP contribution in [0.3, 0.4) is 0 Å². The lowest BCUT2D eigenvalue weighted by Gasteiger charge is -2.10. The van der Waals surface area contributed by atoms with Gasteiger partial charge in [0.2, 0.25) is 5.89 Å². The normalized spacial score (nSPS) is 11.4. The standard InChI is InChI=1S/C14H19N5O/c1-10-5-4-6-12(7-10)8-16-14(15-3)17-9-13-18-11(2)19-20-13/h4-7H,8-9H2,1-3H3,(H2,15,16,17). The number of nitrogens with zero attached hydrogens (tertiary/aromatic N) is 3. The SMILES string of the molecule is CN=C(NCc1cccc(C)c1)NCc1nc(C)no1. The fraction of sp³-hybridized carbons (Fsp3) is 0.357. The number of hydrogen-bond acceptors (Lipinski definition) is 4. The second-order valence-corrected chi connectivity index (χ2v) is 4.50. The van der Waals surface area contributed by atoms with Crippen molar-refractivity contribution in [1.29, 1.82) is 0 Å². The van der Waals surface area contributed by atoms with Crippen LogP contribution in [0, 0.1) is 13.8 Å². The van der Waals surface area contributed by atoms with Gasteiger partial charge in [0.15, 0.2) is 11.8 Å². The summed E-state index contributed by atoms with van der Waals surface area (Å²) in [5, 5.41) is 10.1. The third-order valence-electron chi connectivity index (χ3n) is 2.74. The maximum atomic E-state index is 5.03. The Morgan fingerprint density at radius 1 is 1.25 bits per heavy atom. The number of aryl methyl sites for hydroxylation is 2. The molecule has 0 amide bonds. The average Bonchev–Trinajstić information content (AvgIpc) is 2.85. The molecule has 2 rings (SSSR count). The van der Waals surface area contributed by atoms with Gasteiger partial charge in [0, 0.05) is 13.6 Å². The lowest BCUT2D eigenvalue weighted by atomic mass is 10.1. The molecule has 106 valence electrons. The molecule has 1 aromatic carbocycles. The van der Waals surface area contributed by atoms with Gasteiger partial charge < -0.3 is 15.2 Å². The second-order valence-electron chi connectivity index (χ2n) is 4.50. The van der Waals surface area contributed by atoms with Crippen molar-refractivity contribution in [3.63, 3.8) is 0 Å². The Labute approximate surface area is 118 Å². The van der Waals surface area contributed by atoms with Crippen LogP contribution in [0.15, 0.2) is 33.8 Å². The van der Waals surface area contributed by atoms with Gasteiger partial charge in [-0.3, -0.25) is 4.99 Å². The summed E-state index contributed by atoms with van der Waals surface area (Å²) >= 11 is 0. The van der Waals surface area contributed by atoms with Gasteiger partial charge in [-0.25, -0.2) is 0 Å². The van der Waals surface area contributed by atoms with E-state index >= 15 is 0 Å². The largest absolute Gasteiger partial charge is 0.352 e. The molecule has 1 heterocycles. The zero-order chi connectivity index (χ0) is 14.4. The summed E-state index contributed by atoms with van der Waals surface area (Å²) in [4.78, 5) is 8.28. The van der Waals surface area contributed by atoms with Crippen LogP contribution in [-0.4, -0.2) is 23.1 Å². The van der Waals surface area contributed by atoms with E-state index in [1.807, 2.05) is 6.07 Å². The van der Waals surface area contributed by atoms with Gasteiger partial charge in [0.1, 0.15) is 0 Å². The molecule has 0 aliphatic heterocycles. The number of guanidine groups is 1. The smallest absolute Gasteiger partial charge is 0.246 e. The van der Waals surface area contributed by atoms with Gasteiger partial charge in [-0.2, -0.15) is 4.98 Å². The molecule has 0 radical (unpaired) electrons. The summed E-state index contributed by atoms with van der Waals surface area (Å²) in [7, 11) is 1.73. The number of aliphatic imine (C=N–C) groups is 1. The van der Waals surface area contributed by atoms with E-state index in [0.29, 0.717) is 30.8 Å². The average molecular weight is 273 g/mol. The number of rotatable bonds is 4. The van der Waals surface area contributed by atoms with E-state index in [4.69, 9.17) is 4.52 Å². The summed E-state index contributed by atoms with van der Waals surface area (Å²) in [6.07, 6.45) is 0. The minimum Gasteiger partial charge on any atom is -0.352 e. The molecule has 0 bridgehead atoms. The van der Waals surface area contributed by atoms with Crippen LogP contribution in [-0.2, 0) is 13.1 Å². The molecule has 6 heteroatoms. The van der Waals surface area contributed by atoms with Crippen molar-refractivity contribution < 1.29 is 4.52 Å². The van der Waals surface area contributed by atoms with Crippen molar-refractivity contribution in [2.45, 2.75) is 26.9 Å². The fourth-order valence-electron chi connectivity index (χ4n) is 1.80. The van der Waals surface area contributed by atoms with E-state index in [9.17, 15) is 0 Å². The molecule has 0 aliphatic rings. The number of nitrogens with one attached hydrogen (secondary N) is 2. The Balaban J connectivity index is 1.84. The highest BCUT2D eigenvalue weighted by Crippen LogP contribution is 2.03. The van der Waals surface area contributed by atoms with Crippen molar-refractivity contribution in [3.8, 4) is 0 Å². The summed E-state index contributed by atoms with van der Waals surface area (Å²) in [5.74, 6) is 1.87. The molecular weight excluding hydrogens is 254 g/mol. The lowest BCUT2D eigenvalue weighted by Crippen LogP contribution is -2.36. The third-order valence-corrected chi connectivity index (χ3v) is 2.74. The molecule has 0 saturated carbocycles. The first-order chi connectivity index (χ1) is 9.67. The van der Waals surface area contributed by atoms with Gasteiger partial charge in [-0.1, -0.05) is 35.0 Å². The summed E-state index contributed by atoms with van der Waals surface area (Å²) in [6, 6.07) is 8.34. The van der Waals surface area contributed by atoms with Crippen LogP contribution in [0.4, 0.5) is 0 Å². The van der Waals surface area contributed by atoms with E-state index in [1.54, 1.807) is 14.0 Å². The first-order valence-electron chi connectivity index (χ1n) is 6.46. The van der Waals surface area contributed by atoms with Crippen LogP contribution in [0.2, 0.25) is 0 Å². The van der Waals surface area contributed by atoms with Crippen molar-refractivity contribution in [1.82, 2.24) is 20.8 Å². The molecule has 2 aromatic rings. The second kappa shape index (κ2) is 6.70. The van der Waals surface area contributed by atoms with Gasteiger partial charge in [0.05, 0.1) is 6.54 Å². The van der Waals surface area contributed by atoms with E-state index in [2.05, 4.69) is 50.9 Å². The molecule has 0 saturated heterocycles. The van der Waals surface area contributed by atoms with Crippen molar-refractivity contribution in [2.24, 2.45) is 4.99 Å². The first kappa shape index (κ1) is 14.0. The minimum atomic E-state index is 0.453. The first-order valence-corrected chi connectivity index (χ1v) is 6.46. The molecule has 0 unspecified atom stereocenters. The number of hydrogen-bond donors (Lipinski definition) is 2. The van der Waals surface area contributed by atoms with Crippen LogP contribution < -0.4 is 10.6 Å². The molecule has 6 nitrogen and oxygen atoms in total. The predicted molar refractivity (Wildman–Crippen MR) is 77.3 cm³/mol. The highest BCUT2D eigenvalue weighted by Gasteiger charge is 2.04. The van der Waals surface area contributed by atoms with E-state index in [-0.39, 0.29) is 0 Å². The van der Waals surface area contributed by atoms with Crippen LogP contribution in [0.5, 0.6) is 0 Å². The highest BCUT2D eigenvalue weighted by molar-refractivity contribution is 5.79. The number of benzene rings is 1. The topological polar surface area (TPSA) is 75.3 Å². The van der Waals surface area contributed by atoms with Crippen LogP contribution in [0.1, 0.15) is 22.8 Å². The zero-order valence-electron chi connectivity index (χ0n) is 12.0. The predicted octanol–water partition coefficient (Wildman–Crippen LogP) is 1.55. The Bertz CT molecular complexity index is 591. The summed E-state index contributed by atoms with van der Waals surface area (Å²) in [5.41, 5.74) is 2.45. The van der Waals surface area contributed by atoms with Gasteiger partial charge >= 0.3 is 0 Å². The Morgan fingerprint density at radius 3 is 2.70 bits per heavy atom. The fourth-order valence-corrected chi connectivity index (χ4v) is 1.80. The van der Waals surface area contributed by atoms with Gasteiger partial charge in [-0.15, -0.1) is 0 Å². The highest BCUT2D eigenvalue weighted by atomic mass is 16.5. The van der Waals surface area contributed by atoms with Gasteiger partial charge in [-0.05, 0) is 19.4 Å². The Kier molecular flexibility index (Phi) is 4.70. The monoisotopic (exact) mass is 273 g/mol. The van der Waals surface area contributed by atoms with E-state index in [0.717, 1.165) is 0 Å². The van der Waals surface area contributed by atoms with Crippen molar-refractivity contribution in [2.75, 3.05) is 7.05 Å².